The summed E-state index contributed by atoms with van der Waals surface area (Å²) in [5.74, 6) is -0.504. The summed E-state index contributed by atoms with van der Waals surface area (Å²) in [6.45, 7) is 3.23. The van der Waals surface area contributed by atoms with Gasteiger partial charge in [0.05, 0.1) is 11.4 Å². The lowest BCUT2D eigenvalue weighted by atomic mass is 10.1. The van der Waals surface area contributed by atoms with E-state index in [9.17, 15) is 22.8 Å². The maximum Gasteiger partial charge on any atom is 0.314 e. The smallest absolute Gasteiger partial charge is 0.314 e. The van der Waals surface area contributed by atoms with E-state index in [1.807, 2.05) is 4.90 Å². The molecule has 0 aromatic heterocycles. The molecule has 13 heteroatoms. The van der Waals surface area contributed by atoms with Gasteiger partial charge < -0.3 is 20.4 Å². The van der Waals surface area contributed by atoms with Crippen LogP contribution in [0.4, 0.5) is 4.79 Å². The van der Waals surface area contributed by atoms with Crippen molar-refractivity contribution in [2.45, 2.75) is 55.1 Å². The minimum atomic E-state index is -3.96. The number of sulfonamides is 1. The highest BCUT2D eigenvalue weighted by Gasteiger charge is 2.37. The normalized spacial score (nSPS) is 23.9. The highest BCUT2D eigenvalue weighted by Crippen LogP contribution is 2.25. The van der Waals surface area contributed by atoms with Crippen LogP contribution < -0.4 is 10.5 Å². The number of rotatable bonds is 8. The van der Waals surface area contributed by atoms with Crippen molar-refractivity contribution in [2.24, 2.45) is 5.73 Å². The summed E-state index contributed by atoms with van der Waals surface area (Å²) in [4.78, 5) is 45.4. The Morgan fingerprint density at radius 2 is 1.78 bits per heavy atom. The topological polar surface area (TPSA) is 136 Å². The number of nitrogens with one attached hydrogen (secondary N) is 1. The molecule has 0 aliphatic carbocycles. The number of carbonyl (C=O) groups is 3. The van der Waals surface area contributed by atoms with Gasteiger partial charge in [0.2, 0.25) is 21.8 Å². The van der Waals surface area contributed by atoms with E-state index in [1.54, 1.807) is 42.3 Å². The zero-order chi connectivity index (χ0) is 29.3. The van der Waals surface area contributed by atoms with Crippen molar-refractivity contribution in [1.29, 1.82) is 0 Å². The molecule has 3 aliphatic rings. The Morgan fingerprint density at radius 1 is 1.05 bits per heavy atom. The number of likely N-dealkylation sites (N-methyl/N-ethyl adjacent to an activating group) is 1. The van der Waals surface area contributed by atoms with Crippen molar-refractivity contribution in [3.05, 3.63) is 41.4 Å². The SMILES string of the molecule is CN(C(N)=O)C1CCN(C[C@@H]2CCCN2C(=O)CN2CCC[C@H](NS(=O)(=O)c3ccc4cc(Cl)ccc4c3)C2=O)C1. The molecule has 3 heterocycles. The molecule has 3 aliphatic heterocycles. The molecule has 3 atom stereocenters. The zero-order valence-corrected chi connectivity index (χ0v) is 24.7. The fraction of sp³-hybridized carbons (Fsp3) is 0.536. The van der Waals surface area contributed by atoms with Crippen molar-refractivity contribution in [3.8, 4) is 0 Å². The standard InChI is InChI=1S/C28H37ClN6O5S/c1-32(28(30)38)22-10-13-33(16-22)17-23-4-2-12-35(23)26(36)18-34-11-3-5-25(27(34)37)31-41(39,40)24-9-7-19-14-21(29)8-6-20(19)15-24/h6-9,14-15,22-23,25,31H,2-5,10-13,16-18H2,1H3,(H2,30,38)/t22?,23-,25-/m0/s1. The summed E-state index contributed by atoms with van der Waals surface area (Å²) in [5, 5.41) is 2.10. The second-order valence-electron chi connectivity index (χ2n) is 11.3. The molecule has 0 spiro atoms. The Morgan fingerprint density at radius 3 is 2.56 bits per heavy atom. The van der Waals surface area contributed by atoms with Crippen molar-refractivity contribution in [1.82, 2.24) is 24.3 Å². The Hall–Kier alpha value is -2.93. The first-order valence-corrected chi connectivity index (χ1v) is 15.9. The first-order valence-electron chi connectivity index (χ1n) is 14.1. The van der Waals surface area contributed by atoms with Gasteiger partial charge in [-0.2, -0.15) is 4.72 Å². The summed E-state index contributed by atoms with van der Waals surface area (Å²) in [7, 11) is -2.25. The lowest BCUT2D eigenvalue weighted by molar-refractivity contribution is -0.143. The van der Waals surface area contributed by atoms with Crippen LogP contribution in [0.15, 0.2) is 41.3 Å². The molecule has 3 fully saturated rings. The van der Waals surface area contributed by atoms with Crippen LogP contribution in [-0.2, 0) is 19.6 Å². The van der Waals surface area contributed by atoms with Gasteiger partial charge in [-0.15, -0.1) is 0 Å². The van der Waals surface area contributed by atoms with Gasteiger partial charge in [0.15, 0.2) is 0 Å². The van der Waals surface area contributed by atoms with E-state index in [4.69, 9.17) is 17.3 Å². The molecule has 4 amide bonds. The number of nitrogens with zero attached hydrogens (tertiary/aromatic N) is 4. The van der Waals surface area contributed by atoms with Crippen LogP contribution in [0, 0.1) is 0 Å². The highest BCUT2D eigenvalue weighted by atomic mass is 35.5. The number of hydrogen-bond acceptors (Lipinski definition) is 6. The van der Waals surface area contributed by atoms with Gasteiger partial charge in [-0.05, 0) is 67.1 Å². The summed E-state index contributed by atoms with van der Waals surface area (Å²) in [6, 6.07) is 8.69. The van der Waals surface area contributed by atoms with E-state index in [2.05, 4.69) is 9.62 Å². The molecule has 11 nitrogen and oxygen atoms in total. The minimum Gasteiger partial charge on any atom is -0.351 e. The van der Waals surface area contributed by atoms with Crippen LogP contribution in [0.3, 0.4) is 0 Å². The third-order valence-electron chi connectivity index (χ3n) is 8.55. The Kier molecular flexibility index (Phi) is 8.74. The number of nitrogens with two attached hydrogens (primary N) is 1. The highest BCUT2D eigenvalue weighted by molar-refractivity contribution is 7.89. The number of likely N-dealkylation sites (tertiary alicyclic amines) is 3. The lowest BCUT2D eigenvalue weighted by Gasteiger charge is -2.35. The molecule has 3 N–H and O–H groups in total. The third-order valence-corrected chi connectivity index (χ3v) is 10.3. The van der Waals surface area contributed by atoms with E-state index in [0.717, 1.165) is 43.1 Å². The van der Waals surface area contributed by atoms with E-state index in [-0.39, 0.29) is 35.3 Å². The molecule has 222 valence electrons. The second-order valence-corrected chi connectivity index (χ2v) is 13.4. The number of amides is 4. The molecule has 5 rings (SSSR count). The van der Waals surface area contributed by atoms with Crippen LogP contribution in [0.25, 0.3) is 10.8 Å². The first-order chi connectivity index (χ1) is 19.5. The number of primary amides is 1. The molecule has 1 unspecified atom stereocenters. The maximum absolute atomic E-state index is 13.4. The number of carbonyl (C=O) groups excluding carboxylic acids is 3. The summed E-state index contributed by atoms with van der Waals surface area (Å²) < 4.78 is 29.0. The molecule has 0 saturated carbocycles. The summed E-state index contributed by atoms with van der Waals surface area (Å²) in [5.41, 5.74) is 5.43. The Balaban J connectivity index is 1.19. The summed E-state index contributed by atoms with van der Waals surface area (Å²) in [6.07, 6.45) is 3.58. The molecular weight excluding hydrogens is 568 g/mol. The number of urea groups is 1. The summed E-state index contributed by atoms with van der Waals surface area (Å²) >= 11 is 6.04. The zero-order valence-electron chi connectivity index (χ0n) is 23.2. The van der Waals surface area contributed by atoms with Crippen LogP contribution in [0.5, 0.6) is 0 Å². The quantitative estimate of drug-likeness (QED) is 0.472. The van der Waals surface area contributed by atoms with E-state index < -0.39 is 22.1 Å². The van der Waals surface area contributed by atoms with Crippen LogP contribution in [-0.4, -0.2) is 110 Å². The van der Waals surface area contributed by atoms with Gasteiger partial charge in [-0.3, -0.25) is 14.5 Å². The molecule has 0 radical (unpaired) electrons. The Bertz CT molecular complexity index is 1440. The van der Waals surface area contributed by atoms with Crippen molar-refractivity contribution in [3.63, 3.8) is 0 Å². The average Bonchev–Trinajstić information content (AvgIpc) is 3.60. The fourth-order valence-electron chi connectivity index (χ4n) is 6.20. The molecule has 2 aromatic carbocycles. The lowest BCUT2D eigenvalue weighted by Crippen LogP contribution is -2.55. The van der Waals surface area contributed by atoms with Gasteiger partial charge in [-0.1, -0.05) is 23.7 Å². The number of benzene rings is 2. The largest absolute Gasteiger partial charge is 0.351 e. The molecule has 2 aromatic rings. The Labute approximate surface area is 245 Å². The van der Waals surface area contributed by atoms with Crippen molar-refractivity contribution >= 4 is 50.2 Å². The first kappa shape index (κ1) is 29.6. The van der Waals surface area contributed by atoms with E-state index in [1.165, 1.54) is 11.0 Å². The van der Waals surface area contributed by atoms with Gasteiger partial charge in [0.25, 0.3) is 0 Å². The number of halogens is 1. The molecule has 0 bridgehead atoms. The van der Waals surface area contributed by atoms with Crippen LogP contribution >= 0.6 is 11.6 Å². The fourth-order valence-corrected chi connectivity index (χ4v) is 7.64. The van der Waals surface area contributed by atoms with E-state index in [0.29, 0.717) is 37.5 Å². The van der Waals surface area contributed by atoms with Crippen LogP contribution in [0.1, 0.15) is 32.1 Å². The maximum atomic E-state index is 13.4. The molecule has 41 heavy (non-hydrogen) atoms. The number of hydrogen-bond donors (Lipinski definition) is 2. The molecule has 3 saturated heterocycles. The molecular formula is C28H37ClN6O5S. The minimum absolute atomic E-state index is 0.0390. The van der Waals surface area contributed by atoms with Gasteiger partial charge in [-0.25, -0.2) is 13.2 Å². The second kappa shape index (κ2) is 12.1. The van der Waals surface area contributed by atoms with E-state index >= 15 is 0 Å². The van der Waals surface area contributed by atoms with Gasteiger partial charge in [0, 0.05) is 56.9 Å². The van der Waals surface area contributed by atoms with Crippen LogP contribution in [0.2, 0.25) is 5.02 Å². The number of piperidine rings is 1. The predicted octanol–water partition coefficient (Wildman–Crippen LogP) is 1.84. The number of fused-ring (bicyclic) bond motifs is 1. The van der Waals surface area contributed by atoms with Gasteiger partial charge >= 0.3 is 6.03 Å². The van der Waals surface area contributed by atoms with Crippen molar-refractivity contribution < 1.29 is 22.8 Å². The monoisotopic (exact) mass is 604 g/mol. The van der Waals surface area contributed by atoms with Gasteiger partial charge in [0.1, 0.15) is 6.04 Å². The predicted molar refractivity (Wildman–Crippen MR) is 156 cm³/mol. The average molecular weight is 605 g/mol. The van der Waals surface area contributed by atoms with Crippen molar-refractivity contribution in [2.75, 3.05) is 46.3 Å². The third kappa shape index (κ3) is 6.61.